The lowest BCUT2D eigenvalue weighted by Crippen LogP contribution is -2.39. The molecule has 3 aromatic heterocycles. The number of H-pyrrole nitrogens is 1. The predicted molar refractivity (Wildman–Crippen MR) is 179 cm³/mol. The molecule has 2 N–H and O–H groups in total. The highest BCUT2D eigenvalue weighted by molar-refractivity contribution is 7.20. The van der Waals surface area contributed by atoms with Crippen molar-refractivity contribution in [2.45, 2.75) is 78.2 Å². The van der Waals surface area contributed by atoms with Gasteiger partial charge in [0.05, 0.1) is 10.9 Å². The Morgan fingerprint density at radius 2 is 1.91 bits per heavy atom. The number of benzene rings is 1. The standard InChI is InChI=1S/C37H44N4O2S/c1-36(2,3)29-10-11-30-27(20-29)19-28-21-32(44-35(28)40-30)34(43)39-31(13-18-41-17-4-14-37(23-41)15-16-37)25-7-5-24(6-8-25)26-9-12-33(42)38-22-26/h5-9,12,19,21-22,29,31H,4,10-11,13-18,20,23H2,1-3H3,(H,38,42)(H,39,43)/t29-,31+/m0/s1. The monoisotopic (exact) mass is 608 g/mol. The molecule has 1 saturated carbocycles. The SMILES string of the molecule is CC(C)(C)[C@H]1CCc2nc3sc(C(=O)N[C@H](CCN4CCCC5(CC5)C4)c4ccc(-c5ccc(=O)[nH]c5)cc4)cc3cc2C1. The minimum atomic E-state index is -0.107. The Bertz CT molecular complexity index is 1710. The van der Waals surface area contributed by atoms with Crippen molar-refractivity contribution in [1.29, 1.82) is 0 Å². The van der Waals surface area contributed by atoms with Crippen LogP contribution in [0.1, 0.15) is 91.8 Å². The lowest BCUT2D eigenvalue weighted by atomic mass is 9.71. The fourth-order valence-electron chi connectivity index (χ4n) is 7.42. The van der Waals surface area contributed by atoms with Crippen LogP contribution in [0.4, 0.5) is 0 Å². The first-order chi connectivity index (χ1) is 21.1. The van der Waals surface area contributed by atoms with E-state index in [2.05, 4.69) is 66.3 Å². The van der Waals surface area contributed by atoms with Crippen molar-refractivity contribution in [2.75, 3.05) is 19.6 Å². The summed E-state index contributed by atoms with van der Waals surface area (Å²) in [5.41, 5.74) is 6.42. The van der Waals surface area contributed by atoms with Gasteiger partial charge in [0.15, 0.2) is 0 Å². The molecule has 0 radical (unpaired) electrons. The molecule has 0 bridgehead atoms. The second-order valence-electron chi connectivity index (χ2n) is 14.7. The van der Waals surface area contributed by atoms with Crippen molar-refractivity contribution in [2.24, 2.45) is 16.7 Å². The number of aromatic nitrogens is 2. The lowest BCUT2D eigenvalue weighted by molar-refractivity contribution is 0.0930. The average Bonchev–Trinajstić information content (AvgIpc) is 3.61. The second-order valence-corrected chi connectivity index (χ2v) is 15.7. The maximum absolute atomic E-state index is 13.8. The van der Waals surface area contributed by atoms with E-state index in [0.717, 1.165) is 64.1 Å². The normalized spacial score (nSPS) is 20.4. The molecule has 1 amide bonds. The van der Waals surface area contributed by atoms with Crippen molar-refractivity contribution in [1.82, 2.24) is 20.2 Å². The van der Waals surface area contributed by atoms with Gasteiger partial charge in [0.2, 0.25) is 5.56 Å². The van der Waals surface area contributed by atoms with Gasteiger partial charge in [-0.2, -0.15) is 0 Å². The fraction of sp³-hybridized carbons (Fsp3) is 0.486. The number of hydrogen-bond donors (Lipinski definition) is 2. The Hall–Kier alpha value is -3.29. The number of fused-ring (bicyclic) bond motifs is 2. The van der Waals surface area contributed by atoms with E-state index in [-0.39, 0.29) is 22.9 Å². The number of hydrogen-bond acceptors (Lipinski definition) is 5. The molecule has 2 aliphatic carbocycles. The van der Waals surface area contributed by atoms with Crippen LogP contribution in [-0.2, 0) is 12.8 Å². The van der Waals surface area contributed by atoms with Gasteiger partial charge in [0, 0.05) is 36.4 Å². The Morgan fingerprint density at radius 1 is 1.11 bits per heavy atom. The van der Waals surface area contributed by atoms with Gasteiger partial charge < -0.3 is 15.2 Å². The van der Waals surface area contributed by atoms with E-state index >= 15 is 0 Å². The molecule has 2 atom stereocenters. The van der Waals surface area contributed by atoms with Gasteiger partial charge in [-0.05, 0) is 115 Å². The number of carbonyl (C=O) groups excluding carboxylic acids is 1. The Balaban J connectivity index is 1.11. The maximum Gasteiger partial charge on any atom is 0.261 e. The minimum Gasteiger partial charge on any atom is -0.344 e. The third-order valence-corrected chi connectivity index (χ3v) is 11.5. The Labute approximate surface area is 264 Å². The summed E-state index contributed by atoms with van der Waals surface area (Å²) < 4.78 is 0. The van der Waals surface area contributed by atoms with Gasteiger partial charge in [-0.3, -0.25) is 9.59 Å². The van der Waals surface area contributed by atoms with Crippen molar-refractivity contribution in [3.63, 3.8) is 0 Å². The van der Waals surface area contributed by atoms with E-state index in [4.69, 9.17) is 4.98 Å². The van der Waals surface area contributed by atoms with Gasteiger partial charge in [0.1, 0.15) is 4.83 Å². The molecule has 2 fully saturated rings. The number of carbonyl (C=O) groups is 1. The number of nitrogens with zero attached hydrogens (tertiary/aromatic N) is 2. The molecular formula is C37H44N4O2S. The van der Waals surface area contributed by atoms with Crippen LogP contribution >= 0.6 is 11.3 Å². The largest absolute Gasteiger partial charge is 0.344 e. The molecule has 4 heterocycles. The molecule has 0 unspecified atom stereocenters. The minimum absolute atomic E-state index is 0.0226. The lowest BCUT2D eigenvalue weighted by Gasteiger charge is -2.34. The van der Waals surface area contributed by atoms with E-state index in [1.165, 1.54) is 61.2 Å². The molecule has 1 saturated heterocycles. The van der Waals surface area contributed by atoms with E-state index < -0.39 is 0 Å². The number of pyridine rings is 2. The molecule has 1 spiro atoms. The molecule has 230 valence electrons. The van der Waals surface area contributed by atoms with Gasteiger partial charge >= 0.3 is 0 Å². The number of likely N-dealkylation sites (tertiary alicyclic amines) is 1. The van der Waals surface area contributed by atoms with Crippen LogP contribution in [0.5, 0.6) is 0 Å². The van der Waals surface area contributed by atoms with Crippen LogP contribution in [-0.4, -0.2) is 40.4 Å². The van der Waals surface area contributed by atoms with Crippen LogP contribution in [0.2, 0.25) is 0 Å². The molecule has 44 heavy (non-hydrogen) atoms. The fourth-order valence-corrected chi connectivity index (χ4v) is 8.36. The Kier molecular flexibility index (Phi) is 7.74. The second kappa shape index (κ2) is 11.6. The summed E-state index contributed by atoms with van der Waals surface area (Å²) in [5.74, 6) is 0.632. The van der Waals surface area contributed by atoms with E-state index in [1.54, 1.807) is 12.3 Å². The van der Waals surface area contributed by atoms with Crippen molar-refractivity contribution in [3.8, 4) is 11.1 Å². The third-order valence-electron chi connectivity index (χ3n) is 10.5. The number of amides is 1. The first kappa shape index (κ1) is 29.4. The topological polar surface area (TPSA) is 78.1 Å². The van der Waals surface area contributed by atoms with Crippen molar-refractivity contribution >= 4 is 27.5 Å². The van der Waals surface area contributed by atoms with E-state index in [9.17, 15) is 9.59 Å². The summed E-state index contributed by atoms with van der Waals surface area (Å²) in [5, 5.41) is 4.50. The van der Waals surface area contributed by atoms with E-state index in [0.29, 0.717) is 11.3 Å². The van der Waals surface area contributed by atoms with Crippen LogP contribution in [0.15, 0.2) is 59.5 Å². The average molecular weight is 609 g/mol. The Morgan fingerprint density at radius 3 is 2.64 bits per heavy atom. The van der Waals surface area contributed by atoms with Crippen LogP contribution in [0.25, 0.3) is 21.3 Å². The van der Waals surface area contributed by atoms with Crippen molar-refractivity contribution < 1.29 is 4.79 Å². The zero-order valence-corrected chi connectivity index (χ0v) is 27.1. The summed E-state index contributed by atoms with van der Waals surface area (Å²) >= 11 is 1.51. The zero-order chi connectivity index (χ0) is 30.5. The quantitative estimate of drug-likeness (QED) is 0.227. The molecule has 7 heteroatoms. The van der Waals surface area contributed by atoms with Crippen LogP contribution in [0, 0.1) is 16.7 Å². The maximum atomic E-state index is 13.8. The molecule has 7 rings (SSSR count). The molecule has 1 aromatic carbocycles. The smallest absolute Gasteiger partial charge is 0.261 e. The predicted octanol–water partition coefficient (Wildman–Crippen LogP) is 7.54. The van der Waals surface area contributed by atoms with E-state index in [1.807, 2.05) is 12.1 Å². The number of aromatic amines is 1. The number of thiophene rings is 1. The highest BCUT2D eigenvalue weighted by Crippen LogP contribution is 2.52. The highest BCUT2D eigenvalue weighted by Gasteiger charge is 2.45. The van der Waals surface area contributed by atoms with Gasteiger partial charge in [0.25, 0.3) is 5.91 Å². The molecule has 4 aromatic rings. The summed E-state index contributed by atoms with van der Waals surface area (Å²) in [6, 6.07) is 16.0. The first-order valence-corrected chi connectivity index (χ1v) is 17.2. The van der Waals surface area contributed by atoms with Crippen LogP contribution in [0.3, 0.4) is 0 Å². The number of rotatable bonds is 7. The van der Waals surface area contributed by atoms with Gasteiger partial charge in [-0.25, -0.2) is 4.98 Å². The summed E-state index contributed by atoms with van der Waals surface area (Å²) in [7, 11) is 0. The van der Waals surface area contributed by atoms with Gasteiger partial charge in [-0.15, -0.1) is 11.3 Å². The molecule has 6 nitrogen and oxygen atoms in total. The summed E-state index contributed by atoms with van der Waals surface area (Å²) in [6.07, 6.45) is 11.3. The first-order valence-electron chi connectivity index (χ1n) is 16.4. The molecule has 3 aliphatic rings. The van der Waals surface area contributed by atoms with Gasteiger partial charge in [-0.1, -0.05) is 45.0 Å². The molecule has 1 aliphatic heterocycles. The van der Waals surface area contributed by atoms with Crippen LogP contribution < -0.4 is 10.9 Å². The number of piperidine rings is 1. The number of aryl methyl sites for hydroxylation is 1. The zero-order valence-electron chi connectivity index (χ0n) is 26.2. The number of nitrogens with one attached hydrogen (secondary N) is 2. The third kappa shape index (κ3) is 6.27. The molecular weight excluding hydrogens is 565 g/mol. The summed E-state index contributed by atoms with van der Waals surface area (Å²) in [6.45, 7) is 10.3. The highest BCUT2D eigenvalue weighted by atomic mass is 32.1. The summed E-state index contributed by atoms with van der Waals surface area (Å²) in [4.78, 5) is 37.5. The van der Waals surface area contributed by atoms with Crippen molar-refractivity contribution in [3.05, 3.63) is 86.8 Å².